The second kappa shape index (κ2) is 13.4. The van der Waals surface area contributed by atoms with Crippen molar-refractivity contribution < 1.29 is 14.4 Å². The molecule has 0 radical (unpaired) electrons. The van der Waals surface area contributed by atoms with E-state index in [4.69, 9.17) is 0 Å². The molecule has 5 rings (SSSR count). The molecule has 0 spiro atoms. The van der Waals surface area contributed by atoms with Gasteiger partial charge in [0.25, 0.3) is 17.7 Å². The average molecular weight is 591 g/mol. The summed E-state index contributed by atoms with van der Waals surface area (Å²) < 4.78 is 0. The van der Waals surface area contributed by atoms with Crippen molar-refractivity contribution in [1.82, 2.24) is 15.2 Å². The number of carbonyl (C=O) groups excluding carboxylic acids is 3. The van der Waals surface area contributed by atoms with Gasteiger partial charge < -0.3 is 31.2 Å². The van der Waals surface area contributed by atoms with Crippen LogP contribution in [0.1, 0.15) is 57.1 Å². The van der Waals surface area contributed by atoms with Crippen molar-refractivity contribution in [2.45, 2.75) is 27.7 Å². The lowest BCUT2D eigenvalue weighted by Gasteiger charge is -2.18. The molecule has 9 heteroatoms. The molecule has 9 nitrogen and oxygen atoms in total. The highest BCUT2D eigenvalue weighted by molar-refractivity contribution is 6.35. The number of H-pyrrole nitrogens is 1. The van der Waals surface area contributed by atoms with Gasteiger partial charge in [-0.3, -0.25) is 14.4 Å². The van der Waals surface area contributed by atoms with Gasteiger partial charge in [-0.25, -0.2) is 0 Å². The fourth-order valence-corrected chi connectivity index (χ4v) is 5.40. The van der Waals surface area contributed by atoms with Gasteiger partial charge in [-0.2, -0.15) is 0 Å². The Balaban J connectivity index is 1.33. The van der Waals surface area contributed by atoms with E-state index in [1.165, 1.54) is 0 Å². The van der Waals surface area contributed by atoms with Crippen LogP contribution in [0.5, 0.6) is 0 Å². The molecule has 2 heterocycles. The highest BCUT2D eigenvalue weighted by atomic mass is 16.2. The van der Waals surface area contributed by atoms with Crippen LogP contribution in [0.4, 0.5) is 22.7 Å². The van der Waals surface area contributed by atoms with E-state index in [0.717, 1.165) is 53.5 Å². The van der Waals surface area contributed by atoms with E-state index in [1.54, 1.807) is 18.2 Å². The molecule has 226 valence electrons. The van der Waals surface area contributed by atoms with Gasteiger partial charge in [-0.1, -0.05) is 38.1 Å². The molecular formula is C35H38N6O3. The second-order valence-electron chi connectivity index (χ2n) is 10.7. The normalized spacial score (nSPS) is 13.1. The van der Waals surface area contributed by atoms with Crippen LogP contribution in [-0.4, -0.2) is 53.8 Å². The van der Waals surface area contributed by atoms with Crippen LogP contribution < -0.4 is 21.3 Å². The molecule has 1 aliphatic rings. The summed E-state index contributed by atoms with van der Waals surface area (Å²) in [5.74, 6) is -0.521. The van der Waals surface area contributed by atoms with E-state index in [9.17, 15) is 14.4 Å². The van der Waals surface area contributed by atoms with Crippen LogP contribution in [0.2, 0.25) is 0 Å². The Morgan fingerprint density at radius 3 is 2.34 bits per heavy atom. The number of hydrogen-bond donors (Lipinski definition) is 5. The summed E-state index contributed by atoms with van der Waals surface area (Å²) in [4.78, 5) is 44.2. The predicted octanol–water partition coefficient (Wildman–Crippen LogP) is 6.19. The third kappa shape index (κ3) is 6.74. The fraction of sp³-hybridized carbons (Fsp3) is 0.229. The van der Waals surface area contributed by atoms with Crippen LogP contribution in [0.15, 0.2) is 72.8 Å². The number of likely N-dealkylation sites (N-methyl/N-ethyl adjacent to an activating group) is 1. The number of aromatic nitrogens is 1. The first kappa shape index (κ1) is 30.3. The van der Waals surface area contributed by atoms with Crippen LogP contribution in [0.25, 0.3) is 11.6 Å². The standard InChI is InChI=1S/C35H38N6O3/c1-5-41(6-2)18-17-36-35(44)32-22(3)31(37-23(32)4)21-29-28-20-27(15-16-30(28)40-34(29)43)38-25-13-10-14-26(19-25)39-33(42)24-11-8-7-9-12-24/h7-16,19-21,37-38H,5-6,17-18H2,1-4H3,(H,36,44)(H,39,42)(H,40,43). The monoisotopic (exact) mass is 590 g/mol. The molecule has 0 saturated heterocycles. The second-order valence-corrected chi connectivity index (χ2v) is 10.7. The Bertz CT molecular complexity index is 1720. The number of rotatable bonds is 11. The van der Waals surface area contributed by atoms with Crippen LogP contribution >= 0.6 is 0 Å². The van der Waals surface area contributed by atoms with Crippen LogP contribution in [0, 0.1) is 13.8 Å². The quantitative estimate of drug-likeness (QED) is 0.134. The minimum atomic E-state index is -0.209. The molecule has 0 bridgehead atoms. The number of fused-ring (bicyclic) bond motifs is 1. The number of carbonyl (C=O) groups is 3. The summed E-state index contributed by atoms with van der Waals surface area (Å²) >= 11 is 0. The molecular weight excluding hydrogens is 552 g/mol. The molecule has 0 aliphatic carbocycles. The smallest absolute Gasteiger partial charge is 0.256 e. The van der Waals surface area contributed by atoms with Gasteiger partial charge in [0.2, 0.25) is 0 Å². The Labute approximate surface area is 257 Å². The van der Waals surface area contributed by atoms with E-state index < -0.39 is 0 Å². The minimum Gasteiger partial charge on any atom is -0.358 e. The summed E-state index contributed by atoms with van der Waals surface area (Å²) in [6.07, 6.45) is 1.81. The number of anilines is 4. The Kier molecular flexibility index (Phi) is 9.26. The average Bonchev–Trinajstić information content (AvgIpc) is 3.49. The topological polar surface area (TPSA) is 118 Å². The summed E-state index contributed by atoms with van der Waals surface area (Å²) in [5.41, 5.74) is 7.64. The number of hydrogen-bond acceptors (Lipinski definition) is 5. The number of nitrogens with one attached hydrogen (secondary N) is 5. The predicted molar refractivity (Wildman–Crippen MR) is 177 cm³/mol. The zero-order valence-electron chi connectivity index (χ0n) is 25.5. The summed E-state index contributed by atoms with van der Waals surface area (Å²) in [6, 6.07) is 22.2. The summed E-state index contributed by atoms with van der Waals surface area (Å²) in [5, 5.41) is 12.3. The van der Waals surface area contributed by atoms with Crippen molar-refractivity contribution in [2.24, 2.45) is 0 Å². The van der Waals surface area contributed by atoms with Gasteiger partial charge in [-0.15, -0.1) is 0 Å². The van der Waals surface area contributed by atoms with E-state index in [1.807, 2.05) is 74.5 Å². The van der Waals surface area contributed by atoms with Crippen LogP contribution in [0.3, 0.4) is 0 Å². The first-order chi connectivity index (χ1) is 21.3. The zero-order valence-corrected chi connectivity index (χ0v) is 25.5. The maximum absolute atomic E-state index is 13.1. The van der Waals surface area contributed by atoms with Crippen molar-refractivity contribution in [3.63, 3.8) is 0 Å². The van der Waals surface area contributed by atoms with Crippen molar-refractivity contribution in [2.75, 3.05) is 42.1 Å². The number of aryl methyl sites for hydroxylation is 1. The first-order valence-corrected chi connectivity index (χ1v) is 14.9. The van der Waals surface area contributed by atoms with E-state index in [2.05, 4.69) is 45.0 Å². The molecule has 44 heavy (non-hydrogen) atoms. The van der Waals surface area contributed by atoms with Gasteiger partial charge in [0.15, 0.2) is 0 Å². The summed E-state index contributed by atoms with van der Waals surface area (Å²) in [6.45, 7) is 11.2. The molecule has 4 aromatic rings. The molecule has 1 aromatic heterocycles. The van der Waals surface area contributed by atoms with Gasteiger partial charge in [-0.05, 0) is 87.1 Å². The maximum Gasteiger partial charge on any atom is 0.256 e. The molecule has 0 saturated carbocycles. The maximum atomic E-state index is 13.1. The van der Waals surface area contributed by atoms with Crippen molar-refractivity contribution in [1.29, 1.82) is 0 Å². The number of nitrogens with zero attached hydrogens (tertiary/aromatic N) is 1. The van der Waals surface area contributed by atoms with Crippen molar-refractivity contribution in [3.8, 4) is 0 Å². The molecule has 0 fully saturated rings. The number of amides is 3. The SMILES string of the molecule is CCN(CC)CCNC(=O)c1c(C)[nH]c(C=C2C(=O)Nc3ccc(Nc4cccc(NC(=O)c5ccccc5)c4)cc32)c1C. The van der Waals surface area contributed by atoms with E-state index >= 15 is 0 Å². The number of benzene rings is 3. The Hall–Kier alpha value is -5.15. The van der Waals surface area contributed by atoms with Crippen molar-refractivity contribution >= 4 is 52.1 Å². The Morgan fingerprint density at radius 1 is 0.864 bits per heavy atom. The molecule has 0 atom stereocenters. The lowest BCUT2D eigenvalue weighted by molar-refractivity contribution is -0.110. The van der Waals surface area contributed by atoms with Gasteiger partial charge in [0.1, 0.15) is 0 Å². The third-order valence-corrected chi connectivity index (χ3v) is 7.85. The molecule has 1 aliphatic heterocycles. The lowest BCUT2D eigenvalue weighted by atomic mass is 10.0. The van der Waals surface area contributed by atoms with Gasteiger partial charge >= 0.3 is 0 Å². The van der Waals surface area contributed by atoms with E-state index in [-0.39, 0.29) is 17.7 Å². The molecule has 3 amide bonds. The third-order valence-electron chi connectivity index (χ3n) is 7.85. The minimum absolute atomic E-state index is 0.127. The van der Waals surface area contributed by atoms with Gasteiger partial charge in [0.05, 0.1) is 11.1 Å². The number of aromatic amines is 1. The fourth-order valence-electron chi connectivity index (χ4n) is 5.40. The molecule has 0 unspecified atom stereocenters. The largest absolute Gasteiger partial charge is 0.358 e. The highest BCUT2D eigenvalue weighted by Crippen LogP contribution is 2.36. The lowest BCUT2D eigenvalue weighted by Crippen LogP contribution is -2.35. The van der Waals surface area contributed by atoms with E-state index in [0.29, 0.717) is 34.6 Å². The molecule has 3 aromatic carbocycles. The summed E-state index contributed by atoms with van der Waals surface area (Å²) in [7, 11) is 0. The highest BCUT2D eigenvalue weighted by Gasteiger charge is 2.26. The zero-order chi connectivity index (χ0) is 31.2. The first-order valence-electron chi connectivity index (χ1n) is 14.9. The molecule has 5 N–H and O–H groups in total. The Morgan fingerprint density at radius 2 is 1.59 bits per heavy atom. The van der Waals surface area contributed by atoms with Crippen molar-refractivity contribution in [3.05, 3.63) is 106 Å². The van der Waals surface area contributed by atoms with Crippen LogP contribution in [-0.2, 0) is 4.79 Å². The van der Waals surface area contributed by atoms with Gasteiger partial charge in [0, 0.05) is 58.4 Å².